The standard InChI is InChI=1S/C24H23N3O4S2/c1-3-4-6-14-27-23(29)19(33-24(27)32)15-18-21(31-17-11-9-16(30-2)10-12-17)25-20-8-5-7-13-26(20)22(18)28/h5,7-13,15H,3-4,6,14H2,1-2H3. The molecule has 0 saturated carbocycles. The highest BCUT2D eigenvalue weighted by molar-refractivity contribution is 8.26. The van der Waals surface area contributed by atoms with Crippen LogP contribution in [0.25, 0.3) is 11.7 Å². The van der Waals surface area contributed by atoms with Gasteiger partial charge in [0.25, 0.3) is 11.5 Å². The lowest BCUT2D eigenvalue weighted by Crippen LogP contribution is -2.29. The molecule has 170 valence electrons. The number of fused-ring (bicyclic) bond motifs is 1. The van der Waals surface area contributed by atoms with E-state index >= 15 is 0 Å². The summed E-state index contributed by atoms with van der Waals surface area (Å²) in [6.45, 7) is 2.68. The predicted molar refractivity (Wildman–Crippen MR) is 134 cm³/mol. The van der Waals surface area contributed by atoms with Gasteiger partial charge in [-0.1, -0.05) is 49.8 Å². The minimum Gasteiger partial charge on any atom is -0.497 e. The molecule has 9 heteroatoms. The number of hydrogen-bond acceptors (Lipinski definition) is 7. The topological polar surface area (TPSA) is 73.1 Å². The average Bonchev–Trinajstić information content (AvgIpc) is 3.09. The van der Waals surface area contributed by atoms with Crippen molar-refractivity contribution in [2.45, 2.75) is 26.2 Å². The van der Waals surface area contributed by atoms with Gasteiger partial charge >= 0.3 is 0 Å². The summed E-state index contributed by atoms with van der Waals surface area (Å²) in [7, 11) is 1.58. The fraction of sp³-hybridized carbons (Fsp3) is 0.250. The van der Waals surface area contributed by atoms with Gasteiger partial charge in [-0.2, -0.15) is 4.98 Å². The number of carbonyl (C=O) groups is 1. The number of carbonyl (C=O) groups excluding carboxylic acids is 1. The number of ether oxygens (including phenoxy) is 2. The van der Waals surface area contributed by atoms with E-state index in [1.165, 1.54) is 22.2 Å². The average molecular weight is 482 g/mol. The Morgan fingerprint density at radius 2 is 1.85 bits per heavy atom. The Bertz CT molecular complexity index is 1290. The van der Waals surface area contributed by atoms with E-state index in [1.54, 1.807) is 60.7 Å². The van der Waals surface area contributed by atoms with Crippen LogP contribution in [0.4, 0.5) is 0 Å². The Hall–Kier alpha value is -3.17. The zero-order valence-electron chi connectivity index (χ0n) is 18.3. The molecular weight excluding hydrogens is 458 g/mol. The van der Waals surface area contributed by atoms with Crippen molar-refractivity contribution >= 4 is 45.9 Å². The van der Waals surface area contributed by atoms with Crippen LogP contribution in [-0.2, 0) is 4.79 Å². The first kappa shape index (κ1) is 23.0. The molecule has 33 heavy (non-hydrogen) atoms. The molecule has 3 aromatic rings. The molecule has 7 nitrogen and oxygen atoms in total. The lowest BCUT2D eigenvalue weighted by atomic mass is 10.2. The largest absolute Gasteiger partial charge is 0.497 e. The first-order valence-corrected chi connectivity index (χ1v) is 11.8. The number of thiocarbonyl (C=S) groups is 1. The van der Waals surface area contributed by atoms with E-state index in [1.807, 2.05) is 0 Å². The Morgan fingerprint density at radius 3 is 2.58 bits per heavy atom. The van der Waals surface area contributed by atoms with Crippen LogP contribution in [0.5, 0.6) is 17.4 Å². The van der Waals surface area contributed by atoms with E-state index in [-0.39, 0.29) is 22.9 Å². The molecule has 1 saturated heterocycles. The minimum absolute atomic E-state index is 0.118. The summed E-state index contributed by atoms with van der Waals surface area (Å²) < 4.78 is 13.1. The van der Waals surface area contributed by atoms with Gasteiger partial charge in [0.2, 0.25) is 5.88 Å². The summed E-state index contributed by atoms with van der Waals surface area (Å²) in [5, 5.41) is 0. The van der Waals surface area contributed by atoms with Crippen molar-refractivity contribution in [3.8, 4) is 17.4 Å². The molecule has 0 spiro atoms. The monoisotopic (exact) mass is 481 g/mol. The van der Waals surface area contributed by atoms with Crippen LogP contribution in [0.2, 0.25) is 0 Å². The number of rotatable bonds is 8. The molecule has 0 aliphatic carbocycles. The molecule has 1 aliphatic heterocycles. The Kier molecular flexibility index (Phi) is 7.10. The number of benzene rings is 1. The second-order valence-electron chi connectivity index (χ2n) is 7.38. The van der Waals surface area contributed by atoms with Crippen LogP contribution in [0.1, 0.15) is 31.7 Å². The SMILES string of the molecule is CCCCCN1C(=O)C(=Cc2c(Oc3ccc(OC)cc3)nc3ccccn3c2=O)SC1=S. The van der Waals surface area contributed by atoms with Gasteiger partial charge in [0.05, 0.1) is 12.0 Å². The maximum atomic E-state index is 13.3. The van der Waals surface area contributed by atoms with Crippen molar-refractivity contribution in [1.29, 1.82) is 0 Å². The second kappa shape index (κ2) is 10.2. The number of methoxy groups -OCH3 is 1. The van der Waals surface area contributed by atoms with Gasteiger partial charge in [0, 0.05) is 12.7 Å². The maximum absolute atomic E-state index is 13.3. The molecule has 3 heterocycles. The van der Waals surface area contributed by atoms with Crippen LogP contribution < -0.4 is 15.0 Å². The number of thioether (sulfide) groups is 1. The molecule has 1 aromatic carbocycles. The third kappa shape index (κ3) is 4.94. The van der Waals surface area contributed by atoms with Crippen molar-refractivity contribution in [3.05, 3.63) is 69.5 Å². The molecule has 0 atom stereocenters. The Labute approximate surface area is 201 Å². The first-order chi connectivity index (χ1) is 16.0. The highest BCUT2D eigenvalue weighted by Crippen LogP contribution is 2.34. The molecule has 0 N–H and O–H groups in total. The van der Waals surface area contributed by atoms with Crippen LogP contribution >= 0.6 is 24.0 Å². The number of unbranched alkanes of at least 4 members (excludes halogenated alkanes) is 2. The van der Waals surface area contributed by atoms with Gasteiger partial charge in [-0.05, 0) is 48.9 Å². The molecule has 2 aromatic heterocycles. The highest BCUT2D eigenvalue weighted by Gasteiger charge is 2.32. The maximum Gasteiger partial charge on any atom is 0.269 e. The van der Waals surface area contributed by atoms with Crippen molar-refractivity contribution in [1.82, 2.24) is 14.3 Å². The van der Waals surface area contributed by atoms with Gasteiger partial charge in [0.15, 0.2) is 0 Å². The Morgan fingerprint density at radius 1 is 1.09 bits per heavy atom. The van der Waals surface area contributed by atoms with Gasteiger partial charge in [-0.15, -0.1) is 0 Å². The van der Waals surface area contributed by atoms with Gasteiger partial charge in [0.1, 0.15) is 27.0 Å². The summed E-state index contributed by atoms with van der Waals surface area (Å²) in [5.74, 6) is 1.09. The van der Waals surface area contributed by atoms with Gasteiger partial charge in [-0.25, -0.2) is 0 Å². The van der Waals surface area contributed by atoms with Gasteiger partial charge < -0.3 is 9.47 Å². The summed E-state index contributed by atoms with van der Waals surface area (Å²) in [4.78, 5) is 32.8. The number of nitrogens with zero attached hydrogens (tertiary/aromatic N) is 3. The number of pyridine rings is 1. The zero-order chi connectivity index (χ0) is 23.4. The summed E-state index contributed by atoms with van der Waals surface area (Å²) >= 11 is 6.61. The molecule has 0 bridgehead atoms. The molecular formula is C24H23N3O4S2. The number of aromatic nitrogens is 2. The third-order valence-corrected chi connectivity index (χ3v) is 6.52. The van der Waals surface area contributed by atoms with E-state index in [4.69, 9.17) is 21.7 Å². The molecule has 1 fully saturated rings. The van der Waals surface area contributed by atoms with E-state index < -0.39 is 0 Å². The smallest absolute Gasteiger partial charge is 0.269 e. The first-order valence-electron chi connectivity index (χ1n) is 10.6. The van der Waals surface area contributed by atoms with E-state index in [9.17, 15) is 9.59 Å². The lowest BCUT2D eigenvalue weighted by Gasteiger charge is -2.13. The molecule has 1 aliphatic rings. The van der Waals surface area contributed by atoms with Gasteiger partial charge in [-0.3, -0.25) is 18.9 Å². The third-order valence-electron chi connectivity index (χ3n) is 5.14. The van der Waals surface area contributed by atoms with Crippen LogP contribution in [0.15, 0.2) is 58.4 Å². The summed E-state index contributed by atoms with van der Waals surface area (Å²) in [5.41, 5.74) is 0.291. The van der Waals surface area contributed by atoms with Crippen molar-refractivity contribution in [2.24, 2.45) is 0 Å². The molecule has 1 amide bonds. The lowest BCUT2D eigenvalue weighted by molar-refractivity contribution is -0.122. The van der Waals surface area contributed by atoms with Crippen LogP contribution in [-0.4, -0.2) is 38.2 Å². The minimum atomic E-state index is -0.333. The van der Waals surface area contributed by atoms with Crippen molar-refractivity contribution < 1.29 is 14.3 Å². The quantitative estimate of drug-likeness (QED) is 0.258. The Balaban J connectivity index is 1.75. The molecule has 0 radical (unpaired) electrons. The zero-order valence-corrected chi connectivity index (χ0v) is 19.9. The summed E-state index contributed by atoms with van der Waals surface area (Å²) in [6.07, 6.45) is 6.12. The van der Waals surface area contributed by atoms with Crippen LogP contribution in [0, 0.1) is 0 Å². The second-order valence-corrected chi connectivity index (χ2v) is 9.06. The predicted octanol–water partition coefficient (Wildman–Crippen LogP) is 4.89. The van der Waals surface area contributed by atoms with Crippen molar-refractivity contribution in [3.63, 3.8) is 0 Å². The van der Waals surface area contributed by atoms with Crippen LogP contribution in [0.3, 0.4) is 0 Å². The van der Waals surface area contributed by atoms with Crippen molar-refractivity contribution in [2.75, 3.05) is 13.7 Å². The normalized spacial score (nSPS) is 15.0. The molecule has 0 unspecified atom stereocenters. The van der Waals surface area contributed by atoms with E-state index in [2.05, 4.69) is 11.9 Å². The molecule has 4 rings (SSSR count). The summed E-state index contributed by atoms with van der Waals surface area (Å²) in [6, 6.07) is 12.2. The number of amides is 1. The number of hydrogen-bond donors (Lipinski definition) is 0. The highest BCUT2D eigenvalue weighted by atomic mass is 32.2. The van der Waals surface area contributed by atoms with E-state index in [0.29, 0.717) is 32.9 Å². The fourth-order valence-electron chi connectivity index (χ4n) is 3.38. The van der Waals surface area contributed by atoms with E-state index in [0.717, 1.165) is 19.3 Å². The fourth-order valence-corrected chi connectivity index (χ4v) is 4.67.